The van der Waals surface area contributed by atoms with E-state index in [1.165, 1.54) is 17.5 Å². The summed E-state index contributed by atoms with van der Waals surface area (Å²) in [4.78, 5) is 9.22. The monoisotopic (exact) mass is 347 g/mol. The predicted octanol–water partition coefficient (Wildman–Crippen LogP) is 4.55. The van der Waals surface area contributed by atoms with Gasteiger partial charge in [0, 0.05) is 24.5 Å². The van der Waals surface area contributed by atoms with Crippen molar-refractivity contribution in [1.82, 2.24) is 19.7 Å². The van der Waals surface area contributed by atoms with E-state index in [0.29, 0.717) is 5.95 Å². The van der Waals surface area contributed by atoms with Crippen LogP contribution in [-0.4, -0.2) is 19.7 Å². The lowest BCUT2D eigenvalue weighted by Gasteiger charge is -2.26. The topological polar surface area (TPSA) is 55.6 Å². The smallest absolute Gasteiger partial charge is 0.223 e. The van der Waals surface area contributed by atoms with Crippen LogP contribution >= 0.6 is 0 Å². The number of hydrogen-bond donors (Lipinski definition) is 1. The molecule has 0 saturated carbocycles. The average molecular weight is 347 g/mol. The third-order valence-electron chi connectivity index (χ3n) is 5.00. The van der Waals surface area contributed by atoms with Crippen LogP contribution in [0.1, 0.15) is 49.0 Å². The maximum Gasteiger partial charge on any atom is 0.223 e. The first-order chi connectivity index (χ1) is 12.7. The lowest BCUT2D eigenvalue weighted by atomic mass is 9.88. The van der Waals surface area contributed by atoms with Crippen LogP contribution in [0.5, 0.6) is 0 Å². The average Bonchev–Trinajstić information content (AvgIpc) is 3.03. The molecule has 5 heteroatoms. The van der Waals surface area contributed by atoms with Crippen molar-refractivity contribution in [1.29, 1.82) is 0 Å². The molecule has 0 fully saturated rings. The van der Waals surface area contributed by atoms with E-state index >= 15 is 0 Å². The first kappa shape index (κ1) is 16.8. The zero-order valence-electron chi connectivity index (χ0n) is 15.4. The number of aromatic nitrogens is 4. The molecule has 0 saturated heterocycles. The summed E-state index contributed by atoms with van der Waals surface area (Å²) in [7, 11) is 0. The summed E-state index contributed by atoms with van der Waals surface area (Å²) in [5.41, 5.74) is 5.81. The molecule has 2 heterocycles. The van der Waals surface area contributed by atoms with Gasteiger partial charge >= 0.3 is 0 Å². The lowest BCUT2D eigenvalue weighted by molar-refractivity contribution is 0.596. The Hall–Kier alpha value is -2.69. The van der Waals surface area contributed by atoms with E-state index in [1.54, 1.807) is 0 Å². The zero-order chi connectivity index (χ0) is 17.9. The van der Waals surface area contributed by atoms with Crippen LogP contribution in [0, 0.1) is 6.92 Å². The van der Waals surface area contributed by atoms with Gasteiger partial charge < -0.3 is 5.32 Å². The quantitative estimate of drug-likeness (QED) is 0.736. The minimum atomic E-state index is 0.277. The van der Waals surface area contributed by atoms with Crippen LogP contribution in [0.15, 0.2) is 42.7 Å². The summed E-state index contributed by atoms with van der Waals surface area (Å²) in [6.07, 6.45) is 8.44. The molecule has 2 aromatic heterocycles. The van der Waals surface area contributed by atoms with Gasteiger partial charge in [-0.3, -0.25) is 4.68 Å². The molecule has 0 aliphatic heterocycles. The molecule has 0 radical (unpaired) electrons. The molecule has 3 aromatic rings. The van der Waals surface area contributed by atoms with Gasteiger partial charge in [0.15, 0.2) is 0 Å². The third-order valence-corrected chi connectivity index (χ3v) is 5.00. The van der Waals surface area contributed by atoms with Crippen molar-refractivity contribution < 1.29 is 0 Å². The van der Waals surface area contributed by atoms with Gasteiger partial charge in [-0.05, 0) is 49.8 Å². The standard InChI is InChI=1S/C21H25N5/c1-3-13-26-14-18(15(2)25-26)20-11-12-22-21(24-20)23-19-10-6-8-16-7-4-5-9-17(16)19/h4-5,7,9,11-12,14,19H,3,6,8,10,13H2,1-2H3,(H,22,23,24). The Morgan fingerprint density at radius 3 is 3.00 bits per heavy atom. The summed E-state index contributed by atoms with van der Waals surface area (Å²) in [6.45, 7) is 5.12. The predicted molar refractivity (Wildman–Crippen MR) is 104 cm³/mol. The maximum absolute atomic E-state index is 4.77. The zero-order valence-corrected chi connectivity index (χ0v) is 15.4. The molecule has 26 heavy (non-hydrogen) atoms. The number of rotatable bonds is 5. The minimum Gasteiger partial charge on any atom is -0.347 e. The van der Waals surface area contributed by atoms with Gasteiger partial charge in [-0.2, -0.15) is 5.10 Å². The van der Waals surface area contributed by atoms with Crippen molar-refractivity contribution in [2.45, 2.75) is 52.1 Å². The third kappa shape index (κ3) is 3.34. The van der Waals surface area contributed by atoms with Gasteiger partial charge in [0.05, 0.1) is 17.4 Å². The van der Waals surface area contributed by atoms with E-state index < -0.39 is 0 Å². The Labute approximate surface area is 154 Å². The number of nitrogens with one attached hydrogen (secondary N) is 1. The molecule has 0 bridgehead atoms. The molecule has 1 unspecified atom stereocenters. The highest BCUT2D eigenvalue weighted by molar-refractivity contribution is 5.61. The number of aryl methyl sites for hydroxylation is 3. The SMILES string of the molecule is CCCn1cc(-c2ccnc(NC3CCCc4ccccc43)n2)c(C)n1. The second-order valence-corrected chi connectivity index (χ2v) is 6.94. The number of hydrogen-bond acceptors (Lipinski definition) is 4. The Morgan fingerprint density at radius 1 is 1.23 bits per heavy atom. The molecule has 1 aliphatic carbocycles. The number of nitrogens with zero attached hydrogens (tertiary/aromatic N) is 4. The second kappa shape index (κ2) is 7.28. The summed E-state index contributed by atoms with van der Waals surface area (Å²) in [6, 6.07) is 10.9. The van der Waals surface area contributed by atoms with Gasteiger partial charge in [-0.25, -0.2) is 9.97 Å². The number of fused-ring (bicyclic) bond motifs is 1. The normalized spacial score (nSPS) is 16.3. The summed E-state index contributed by atoms with van der Waals surface area (Å²) < 4.78 is 2.00. The summed E-state index contributed by atoms with van der Waals surface area (Å²) in [5, 5.41) is 8.14. The van der Waals surface area contributed by atoms with E-state index in [2.05, 4.69) is 52.8 Å². The fourth-order valence-electron chi connectivity index (χ4n) is 3.75. The van der Waals surface area contributed by atoms with Crippen LogP contribution in [0.3, 0.4) is 0 Å². The number of anilines is 1. The van der Waals surface area contributed by atoms with Gasteiger partial charge in [-0.15, -0.1) is 0 Å². The Bertz CT molecular complexity index is 899. The maximum atomic E-state index is 4.77. The van der Waals surface area contributed by atoms with E-state index in [9.17, 15) is 0 Å². The molecule has 0 spiro atoms. The van der Waals surface area contributed by atoms with E-state index in [0.717, 1.165) is 42.8 Å². The van der Waals surface area contributed by atoms with Crippen molar-refractivity contribution in [3.8, 4) is 11.3 Å². The van der Waals surface area contributed by atoms with Gasteiger partial charge in [0.1, 0.15) is 0 Å². The van der Waals surface area contributed by atoms with Gasteiger partial charge in [0.25, 0.3) is 0 Å². The number of benzene rings is 1. The molecule has 1 atom stereocenters. The van der Waals surface area contributed by atoms with Gasteiger partial charge in [-0.1, -0.05) is 31.2 Å². The second-order valence-electron chi connectivity index (χ2n) is 6.94. The first-order valence-corrected chi connectivity index (χ1v) is 9.46. The molecular formula is C21H25N5. The Morgan fingerprint density at radius 2 is 2.12 bits per heavy atom. The van der Waals surface area contributed by atoms with Crippen molar-refractivity contribution in [3.63, 3.8) is 0 Å². The van der Waals surface area contributed by atoms with Crippen LogP contribution in [0.2, 0.25) is 0 Å². The molecule has 1 aliphatic rings. The molecule has 134 valence electrons. The van der Waals surface area contributed by atoms with Crippen molar-refractivity contribution in [2.75, 3.05) is 5.32 Å². The molecular weight excluding hydrogens is 322 g/mol. The van der Waals surface area contributed by atoms with Crippen LogP contribution in [0.25, 0.3) is 11.3 Å². The fraction of sp³-hybridized carbons (Fsp3) is 0.381. The van der Waals surface area contributed by atoms with Crippen LogP contribution in [0.4, 0.5) is 5.95 Å². The van der Waals surface area contributed by atoms with Crippen LogP contribution < -0.4 is 5.32 Å². The van der Waals surface area contributed by atoms with E-state index in [-0.39, 0.29) is 6.04 Å². The highest BCUT2D eigenvalue weighted by atomic mass is 15.3. The molecule has 1 aromatic carbocycles. The fourth-order valence-corrected chi connectivity index (χ4v) is 3.75. The van der Waals surface area contributed by atoms with Crippen molar-refractivity contribution in [2.24, 2.45) is 0 Å². The molecule has 1 N–H and O–H groups in total. The van der Waals surface area contributed by atoms with Gasteiger partial charge in [0.2, 0.25) is 5.95 Å². The largest absolute Gasteiger partial charge is 0.347 e. The highest BCUT2D eigenvalue weighted by Crippen LogP contribution is 2.32. The van der Waals surface area contributed by atoms with Crippen LogP contribution in [-0.2, 0) is 13.0 Å². The lowest BCUT2D eigenvalue weighted by Crippen LogP contribution is -2.18. The van der Waals surface area contributed by atoms with Crippen molar-refractivity contribution >= 4 is 5.95 Å². The molecule has 0 amide bonds. The summed E-state index contributed by atoms with van der Waals surface area (Å²) >= 11 is 0. The van der Waals surface area contributed by atoms with E-state index in [4.69, 9.17) is 4.98 Å². The molecule has 5 nitrogen and oxygen atoms in total. The van der Waals surface area contributed by atoms with E-state index in [1.807, 2.05) is 23.9 Å². The first-order valence-electron chi connectivity index (χ1n) is 9.46. The van der Waals surface area contributed by atoms with Crippen molar-refractivity contribution in [3.05, 3.63) is 59.5 Å². The minimum absolute atomic E-state index is 0.277. The molecule has 4 rings (SSSR count). The summed E-state index contributed by atoms with van der Waals surface area (Å²) in [5.74, 6) is 0.687. The highest BCUT2D eigenvalue weighted by Gasteiger charge is 2.20. The Balaban J connectivity index is 1.59. The Kier molecular flexibility index (Phi) is 4.69.